The number of hydrogen-bond donors (Lipinski definition) is 5. The van der Waals surface area contributed by atoms with E-state index in [-0.39, 0.29) is 0 Å². The number of unbranched alkanes of at least 4 members (excludes halogenated alkanes) is 17. The van der Waals surface area contributed by atoms with Crippen molar-refractivity contribution in [1.82, 2.24) is 5.32 Å². The number of rotatable bonds is 28. The van der Waals surface area contributed by atoms with Gasteiger partial charge in [0.1, 0.15) is 12.2 Å². The second kappa shape index (κ2) is 27.6. The normalized spacial score (nSPS) is 15.0. The minimum Gasteiger partial charge on any atom is -0.394 e. The van der Waals surface area contributed by atoms with Crippen LogP contribution >= 0.6 is 0 Å². The van der Waals surface area contributed by atoms with E-state index in [1.54, 1.807) is 0 Å². The molecule has 0 saturated carbocycles. The molecule has 0 aliphatic rings. The van der Waals surface area contributed by atoms with Crippen molar-refractivity contribution in [2.45, 2.75) is 179 Å². The third-order valence-electron chi connectivity index (χ3n) is 7.48. The fraction of sp³-hybridized carbons (Fsp3) is 0.906. The Bertz CT molecular complexity index is 542. The monoisotopic (exact) mass is 541 g/mol. The molecule has 0 spiro atoms. The highest BCUT2D eigenvalue weighted by Crippen LogP contribution is 2.15. The highest BCUT2D eigenvalue weighted by molar-refractivity contribution is 5.80. The summed E-state index contributed by atoms with van der Waals surface area (Å²) >= 11 is 0. The van der Waals surface area contributed by atoms with E-state index >= 15 is 0 Å². The molecule has 4 atom stereocenters. The minimum atomic E-state index is -1.26. The zero-order valence-electron chi connectivity index (χ0n) is 24.9. The van der Waals surface area contributed by atoms with Crippen molar-refractivity contribution in [3.8, 4) is 0 Å². The fourth-order valence-electron chi connectivity index (χ4n) is 4.79. The van der Waals surface area contributed by atoms with Gasteiger partial charge >= 0.3 is 0 Å². The number of amides is 1. The Morgan fingerprint density at radius 2 is 1.08 bits per heavy atom. The van der Waals surface area contributed by atoms with Crippen LogP contribution in [-0.2, 0) is 4.79 Å². The highest BCUT2D eigenvalue weighted by atomic mass is 16.3. The van der Waals surface area contributed by atoms with Crippen LogP contribution < -0.4 is 5.32 Å². The van der Waals surface area contributed by atoms with Crippen molar-refractivity contribution >= 4 is 5.91 Å². The van der Waals surface area contributed by atoms with Crippen LogP contribution in [-0.4, -0.2) is 57.3 Å². The molecule has 0 heterocycles. The Morgan fingerprint density at radius 1 is 0.632 bits per heavy atom. The van der Waals surface area contributed by atoms with Crippen LogP contribution in [0.2, 0.25) is 0 Å². The quantitative estimate of drug-likeness (QED) is 0.0557. The van der Waals surface area contributed by atoms with Gasteiger partial charge in [-0.3, -0.25) is 4.79 Å². The maximum atomic E-state index is 12.3. The van der Waals surface area contributed by atoms with Crippen LogP contribution in [0.4, 0.5) is 0 Å². The fourth-order valence-corrected chi connectivity index (χ4v) is 4.79. The van der Waals surface area contributed by atoms with E-state index in [1.807, 2.05) is 0 Å². The molecule has 226 valence electrons. The summed E-state index contributed by atoms with van der Waals surface area (Å²) < 4.78 is 0. The molecule has 38 heavy (non-hydrogen) atoms. The molecule has 5 N–H and O–H groups in total. The number of aliphatic hydroxyl groups is 4. The smallest absolute Gasteiger partial charge is 0.249 e. The molecule has 0 radical (unpaired) electrons. The Labute approximate surface area is 234 Å². The Balaban J connectivity index is 3.89. The van der Waals surface area contributed by atoms with Gasteiger partial charge in [-0.2, -0.15) is 0 Å². The second-order valence-electron chi connectivity index (χ2n) is 11.2. The van der Waals surface area contributed by atoms with Gasteiger partial charge in [-0.25, -0.2) is 0 Å². The molecule has 0 saturated heterocycles. The lowest BCUT2D eigenvalue weighted by Gasteiger charge is -2.27. The number of nitrogens with one attached hydrogen (secondary N) is 1. The van der Waals surface area contributed by atoms with Crippen molar-refractivity contribution in [1.29, 1.82) is 0 Å². The van der Waals surface area contributed by atoms with E-state index < -0.39 is 36.9 Å². The lowest BCUT2D eigenvalue weighted by atomic mass is 9.99. The molecule has 0 aromatic rings. The molecule has 0 fully saturated rings. The molecular weight excluding hydrogens is 478 g/mol. The van der Waals surface area contributed by atoms with Gasteiger partial charge in [0, 0.05) is 0 Å². The topological polar surface area (TPSA) is 110 Å². The number of hydrogen-bond acceptors (Lipinski definition) is 5. The zero-order chi connectivity index (χ0) is 28.3. The summed E-state index contributed by atoms with van der Waals surface area (Å²) in [4.78, 5) is 12.3. The van der Waals surface area contributed by atoms with Crippen LogP contribution in [0.1, 0.15) is 155 Å². The van der Waals surface area contributed by atoms with Gasteiger partial charge in [-0.1, -0.05) is 135 Å². The number of carbonyl (C=O) groups excluding carboxylic acids is 1. The summed E-state index contributed by atoms with van der Waals surface area (Å²) in [6, 6.07) is -0.984. The van der Waals surface area contributed by atoms with Crippen LogP contribution in [0, 0.1) is 0 Å². The van der Waals surface area contributed by atoms with Crippen molar-refractivity contribution in [2.75, 3.05) is 6.61 Å². The average Bonchev–Trinajstić information content (AvgIpc) is 2.92. The van der Waals surface area contributed by atoms with Gasteiger partial charge in [-0.15, -0.1) is 0 Å². The average molecular weight is 542 g/mol. The lowest BCUT2D eigenvalue weighted by molar-refractivity contribution is -0.132. The second-order valence-corrected chi connectivity index (χ2v) is 11.2. The van der Waals surface area contributed by atoms with Crippen molar-refractivity contribution in [2.24, 2.45) is 0 Å². The van der Waals surface area contributed by atoms with Crippen LogP contribution in [0.5, 0.6) is 0 Å². The molecule has 0 aromatic carbocycles. The predicted molar refractivity (Wildman–Crippen MR) is 159 cm³/mol. The first-order valence-corrected chi connectivity index (χ1v) is 16.1. The zero-order valence-corrected chi connectivity index (χ0v) is 24.9. The summed E-state index contributed by atoms with van der Waals surface area (Å²) in [5.41, 5.74) is 0. The van der Waals surface area contributed by atoms with Crippen molar-refractivity contribution < 1.29 is 25.2 Å². The van der Waals surface area contributed by atoms with E-state index in [9.17, 15) is 25.2 Å². The van der Waals surface area contributed by atoms with E-state index in [1.165, 1.54) is 77.0 Å². The maximum Gasteiger partial charge on any atom is 0.249 e. The minimum absolute atomic E-state index is 0.348. The molecule has 1 amide bonds. The molecule has 0 aromatic heterocycles. The Kier molecular flexibility index (Phi) is 26.9. The molecule has 0 aliphatic carbocycles. The van der Waals surface area contributed by atoms with E-state index in [4.69, 9.17) is 0 Å². The molecule has 4 unspecified atom stereocenters. The largest absolute Gasteiger partial charge is 0.394 e. The Morgan fingerprint density at radius 3 is 1.61 bits per heavy atom. The first kappa shape index (κ1) is 37.0. The lowest BCUT2D eigenvalue weighted by Crippen LogP contribution is -2.53. The number of carbonyl (C=O) groups is 1. The van der Waals surface area contributed by atoms with Gasteiger partial charge < -0.3 is 25.7 Å². The van der Waals surface area contributed by atoms with E-state index in [0.29, 0.717) is 12.8 Å². The first-order chi connectivity index (χ1) is 18.5. The summed E-state index contributed by atoms with van der Waals surface area (Å²) in [5.74, 6) is -0.601. The third kappa shape index (κ3) is 21.9. The van der Waals surface area contributed by atoms with Crippen molar-refractivity contribution in [3.05, 3.63) is 12.2 Å². The van der Waals surface area contributed by atoms with Gasteiger partial charge in [0.05, 0.1) is 18.8 Å². The van der Waals surface area contributed by atoms with Crippen LogP contribution in [0.25, 0.3) is 0 Å². The van der Waals surface area contributed by atoms with Crippen LogP contribution in [0.15, 0.2) is 12.2 Å². The first-order valence-electron chi connectivity index (χ1n) is 16.1. The van der Waals surface area contributed by atoms with Gasteiger partial charge in [0.15, 0.2) is 0 Å². The standard InChI is InChI=1S/C32H63NO5/c1-3-5-7-9-11-13-14-15-16-18-19-21-23-25-29(35)31(37)28(27-34)33-32(38)30(36)26-24-22-20-17-12-10-8-6-4-2/h10,12,28-31,34-37H,3-9,11,13-27H2,1-2H3,(H,33,38)/b12-10-. The van der Waals surface area contributed by atoms with Crippen molar-refractivity contribution in [3.63, 3.8) is 0 Å². The maximum absolute atomic E-state index is 12.3. The number of aliphatic hydroxyl groups excluding tert-OH is 4. The third-order valence-corrected chi connectivity index (χ3v) is 7.48. The van der Waals surface area contributed by atoms with E-state index in [2.05, 4.69) is 31.3 Å². The summed E-state index contributed by atoms with van der Waals surface area (Å²) in [6.07, 6.45) is 25.2. The van der Waals surface area contributed by atoms with Gasteiger partial charge in [0.2, 0.25) is 5.91 Å². The summed E-state index contributed by atoms with van der Waals surface area (Å²) in [7, 11) is 0. The van der Waals surface area contributed by atoms with Gasteiger partial charge in [0.25, 0.3) is 0 Å². The molecule has 6 heteroatoms. The summed E-state index contributed by atoms with van der Waals surface area (Å²) in [5, 5.41) is 43.1. The van der Waals surface area contributed by atoms with E-state index in [0.717, 1.165) is 51.4 Å². The predicted octanol–water partition coefficient (Wildman–Crippen LogP) is 6.72. The Hall–Kier alpha value is -0.950. The molecular formula is C32H63NO5. The molecule has 6 nitrogen and oxygen atoms in total. The van der Waals surface area contributed by atoms with Gasteiger partial charge in [-0.05, 0) is 32.1 Å². The van der Waals surface area contributed by atoms with Crippen LogP contribution in [0.3, 0.4) is 0 Å². The highest BCUT2D eigenvalue weighted by Gasteiger charge is 2.28. The molecule has 0 rings (SSSR count). The SMILES string of the molecule is CCCC/C=C\CCCCCC(O)C(=O)NC(CO)C(O)C(O)CCCCCCCCCCCCCCC. The number of allylic oxidation sites excluding steroid dienone is 2. The molecule has 0 aliphatic heterocycles. The summed E-state index contributed by atoms with van der Waals surface area (Å²) in [6.45, 7) is 3.95. The molecule has 0 bridgehead atoms.